The number of rotatable bonds is 3. The van der Waals surface area contributed by atoms with Crippen LogP contribution in [0.15, 0.2) is 28.7 Å². The number of hydrogen-bond acceptors (Lipinski definition) is 4. The average molecular weight is 284 g/mol. The number of aryl methyl sites for hydroxylation is 2. The second-order valence-corrected chi connectivity index (χ2v) is 4.44. The van der Waals surface area contributed by atoms with Crippen molar-refractivity contribution in [3.8, 4) is 11.8 Å². The molecule has 21 heavy (non-hydrogen) atoms. The van der Waals surface area contributed by atoms with Crippen LogP contribution < -0.4 is 5.32 Å². The van der Waals surface area contributed by atoms with E-state index in [1.165, 1.54) is 0 Å². The Morgan fingerprint density at radius 3 is 2.81 bits per heavy atom. The summed E-state index contributed by atoms with van der Waals surface area (Å²) in [5.74, 6) is 6.25. The molecule has 0 radical (unpaired) electrons. The van der Waals surface area contributed by atoms with Gasteiger partial charge in [0.1, 0.15) is 12.4 Å². The van der Waals surface area contributed by atoms with Gasteiger partial charge in [-0.3, -0.25) is 4.79 Å². The third-order valence-corrected chi connectivity index (χ3v) is 2.95. The van der Waals surface area contributed by atoms with E-state index in [4.69, 9.17) is 9.52 Å². The molecule has 0 saturated heterocycles. The fourth-order valence-corrected chi connectivity index (χ4v) is 1.79. The Morgan fingerprint density at radius 1 is 1.38 bits per heavy atom. The lowest BCUT2D eigenvalue weighted by Gasteiger charge is -2.05. The van der Waals surface area contributed by atoms with E-state index in [1.54, 1.807) is 24.3 Å². The zero-order chi connectivity index (χ0) is 15.2. The Morgan fingerprint density at radius 2 is 2.14 bits per heavy atom. The minimum Gasteiger partial charge on any atom is -0.444 e. The smallest absolute Gasteiger partial charge is 0.252 e. The van der Waals surface area contributed by atoms with Crippen molar-refractivity contribution in [1.29, 1.82) is 0 Å². The van der Waals surface area contributed by atoms with Crippen molar-refractivity contribution in [3.05, 3.63) is 52.7 Å². The van der Waals surface area contributed by atoms with E-state index in [9.17, 15) is 4.79 Å². The van der Waals surface area contributed by atoms with E-state index >= 15 is 0 Å². The molecule has 2 aromatic rings. The largest absolute Gasteiger partial charge is 0.444 e. The molecule has 0 atom stereocenters. The van der Waals surface area contributed by atoms with Gasteiger partial charge < -0.3 is 14.8 Å². The van der Waals surface area contributed by atoms with Crippen LogP contribution in [0.2, 0.25) is 0 Å². The predicted octanol–water partition coefficient (Wildman–Crippen LogP) is 1.57. The zero-order valence-electron chi connectivity index (χ0n) is 11.9. The second-order valence-electron chi connectivity index (χ2n) is 4.44. The second kappa shape index (κ2) is 6.73. The monoisotopic (exact) mass is 284 g/mol. The van der Waals surface area contributed by atoms with Crippen molar-refractivity contribution in [2.24, 2.45) is 0 Å². The molecule has 2 N–H and O–H groups in total. The van der Waals surface area contributed by atoms with Gasteiger partial charge in [-0.05, 0) is 26.0 Å². The Kier molecular flexibility index (Phi) is 4.75. The van der Waals surface area contributed by atoms with Crippen LogP contribution in [0.25, 0.3) is 0 Å². The van der Waals surface area contributed by atoms with Gasteiger partial charge in [0.05, 0.1) is 17.8 Å². The molecule has 0 aliphatic heterocycles. The number of nitrogens with zero attached hydrogens (tertiary/aromatic N) is 1. The molecule has 5 heteroatoms. The number of aromatic nitrogens is 1. The van der Waals surface area contributed by atoms with Crippen molar-refractivity contribution < 1.29 is 14.3 Å². The fraction of sp³-hybridized carbons (Fsp3) is 0.250. The molecular formula is C16H16N2O3. The molecule has 0 saturated carbocycles. The number of benzene rings is 1. The first kappa shape index (κ1) is 14.8. The van der Waals surface area contributed by atoms with E-state index in [-0.39, 0.29) is 19.1 Å². The Labute approximate surface area is 123 Å². The SMILES string of the molecule is Cc1nc(CNC(=O)c2ccccc2C#CCO)oc1C. The summed E-state index contributed by atoms with van der Waals surface area (Å²) in [6.45, 7) is 3.65. The fourth-order valence-electron chi connectivity index (χ4n) is 1.79. The lowest BCUT2D eigenvalue weighted by molar-refractivity contribution is 0.0947. The van der Waals surface area contributed by atoms with E-state index < -0.39 is 0 Å². The normalized spacial score (nSPS) is 9.86. The molecule has 108 valence electrons. The van der Waals surface area contributed by atoms with Gasteiger partial charge in [-0.2, -0.15) is 0 Å². The number of aliphatic hydroxyl groups is 1. The van der Waals surface area contributed by atoms with Crippen LogP contribution in [0.4, 0.5) is 0 Å². The van der Waals surface area contributed by atoms with Crippen molar-refractivity contribution >= 4 is 5.91 Å². The van der Waals surface area contributed by atoms with Crippen LogP contribution in [-0.4, -0.2) is 22.6 Å². The molecule has 0 bridgehead atoms. The number of carbonyl (C=O) groups excluding carboxylic acids is 1. The Balaban J connectivity index is 2.10. The van der Waals surface area contributed by atoms with E-state index in [1.807, 2.05) is 13.8 Å². The van der Waals surface area contributed by atoms with Gasteiger partial charge >= 0.3 is 0 Å². The Hall–Kier alpha value is -2.58. The molecule has 0 fully saturated rings. The van der Waals surface area contributed by atoms with Gasteiger partial charge in [0.2, 0.25) is 5.89 Å². The van der Waals surface area contributed by atoms with E-state index in [2.05, 4.69) is 22.1 Å². The third kappa shape index (κ3) is 3.71. The molecular weight excluding hydrogens is 268 g/mol. The maximum atomic E-state index is 12.2. The minimum atomic E-state index is -0.258. The number of aliphatic hydroxyl groups excluding tert-OH is 1. The summed E-state index contributed by atoms with van der Waals surface area (Å²) in [7, 11) is 0. The molecule has 1 heterocycles. The standard InChI is InChI=1S/C16H16N2O3/c1-11-12(2)21-15(18-11)10-17-16(20)14-8-4-3-6-13(14)7-5-9-19/h3-4,6,8,19H,9-10H2,1-2H3,(H,17,20). The molecule has 1 aromatic carbocycles. The van der Waals surface area contributed by atoms with Gasteiger partial charge in [-0.1, -0.05) is 24.0 Å². The summed E-state index contributed by atoms with van der Waals surface area (Å²) in [5.41, 5.74) is 1.84. The first-order chi connectivity index (χ1) is 10.1. The predicted molar refractivity (Wildman–Crippen MR) is 77.6 cm³/mol. The van der Waals surface area contributed by atoms with Gasteiger partial charge in [-0.25, -0.2) is 4.98 Å². The summed E-state index contributed by atoms with van der Waals surface area (Å²) < 4.78 is 5.41. The highest BCUT2D eigenvalue weighted by atomic mass is 16.4. The van der Waals surface area contributed by atoms with Gasteiger partial charge in [0.25, 0.3) is 5.91 Å². The zero-order valence-corrected chi connectivity index (χ0v) is 11.9. The average Bonchev–Trinajstić information content (AvgIpc) is 2.81. The molecule has 5 nitrogen and oxygen atoms in total. The molecule has 0 aliphatic carbocycles. The third-order valence-electron chi connectivity index (χ3n) is 2.95. The number of carbonyl (C=O) groups is 1. The van der Waals surface area contributed by atoms with Crippen molar-refractivity contribution in [2.45, 2.75) is 20.4 Å². The van der Waals surface area contributed by atoms with E-state index in [0.717, 1.165) is 11.5 Å². The summed E-state index contributed by atoms with van der Waals surface area (Å²) >= 11 is 0. The first-order valence-corrected chi connectivity index (χ1v) is 6.51. The van der Waals surface area contributed by atoms with Crippen LogP contribution in [0, 0.1) is 25.7 Å². The highest BCUT2D eigenvalue weighted by molar-refractivity contribution is 5.96. The quantitative estimate of drug-likeness (QED) is 0.839. The van der Waals surface area contributed by atoms with Crippen molar-refractivity contribution in [1.82, 2.24) is 10.3 Å². The lowest BCUT2D eigenvalue weighted by Crippen LogP contribution is -2.23. The maximum absolute atomic E-state index is 12.2. The first-order valence-electron chi connectivity index (χ1n) is 6.51. The molecule has 1 aromatic heterocycles. The number of oxazole rings is 1. The van der Waals surface area contributed by atoms with Crippen LogP contribution in [0.1, 0.15) is 33.3 Å². The minimum absolute atomic E-state index is 0.218. The lowest BCUT2D eigenvalue weighted by atomic mass is 10.1. The summed E-state index contributed by atoms with van der Waals surface area (Å²) in [4.78, 5) is 16.4. The molecule has 2 rings (SSSR count). The van der Waals surface area contributed by atoms with Gasteiger partial charge in [-0.15, -0.1) is 0 Å². The number of hydrogen-bond donors (Lipinski definition) is 2. The number of amides is 1. The molecule has 1 amide bonds. The van der Waals surface area contributed by atoms with Crippen LogP contribution in [0.3, 0.4) is 0 Å². The van der Waals surface area contributed by atoms with Crippen LogP contribution in [0.5, 0.6) is 0 Å². The highest BCUT2D eigenvalue weighted by Gasteiger charge is 2.11. The summed E-state index contributed by atoms with van der Waals surface area (Å²) in [5, 5.41) is 11.5. The summed E-state index contributed by atoms with van der Waals surface area (Å²) in [6, 6.07) is 6.97. The number of nitrogens with one attached hydrogen (secondary N) is 1. The molecule has 0 spiro atoms. The maximum Gasteiger partial charge on any atom is 0.252 e. The van der Waals surface area contributed by atoms with Crippen LogP contribution in [-0.2, 0) is 6.54 Å². The van der Waals surface area contributed by atoms with Crippen LogP contribution >= 0.6 is 0 Å². The molecule has 0 unspecified atom stereocenters. The topological polar surface area (TPSA) is 75.4 Å². The summed E-state index contributed by atoms with van der Waals surface area (Å²) in [6.07, 6.45) is 0. The highest BCUT2D eigenvalue weighted by Crippen LogP contribution is 2.10. The van der Waals surface area contributed by atoms with Crippen molar-refractivity contribution in [3.63, 3.8) is 0 Å². The van der Waals surface area contributed by atoms with E-state index in [0.29, 0.717) is 17.0 Å². The van der Waals surface area contributed by atoms with Gasteiger partial charge in [0, 0.05) is 5.56 Å². The molecule has 0 aliphatic rings. The Bertz CT molecular complexity index is 688. The van der Waals surface area contributed by atoms with Crippen molar-refractivity contribution in [2.75, 3.05) is 6.61 Å². The van der Waals surface area contributed by atoms with Gasteiger partial charge in [0.15, 0.2) is 0 Å².